The van der Waals surface area contributed by atoms with Crippen molar-refractivity contribution < 1.29 is 4.74 Å². The topological polar surface area (TPSA) is 48.9 Å². The molecular weight excluding hydrogens is 439 g/mol. The molecule has 1 aromatic rings. The van der Waals surface area contributed by atoms with Crippen LogP contribution in [0, 0.1) is 0 Å². The Morgan fingerprint density at radius 2 is 2.00 bits per heavy atom. The highest BCUT2D eigenvalue weighted by molar-refractivity contribution is 14.0. The number of rotatable bonds is 6. The third-order valence-electron chi connectivity index (χ3n) is 3.84. The summed E-state index contributed by atoms with van der Waals surface area (Å²) in [5.74, 6) is 0.775. The lowest BCUT2D eigenvalue weighted by molar-refractivity contribution is 0.0170. The van der Waals surface area contributed by atoms with E-state index in [9.17, 15) is 0 Å². The zero-order valence-electron chi connectivity index (χ0n) is 14.0. The van der Waals surface area contributed by atoms with Crippen LogP contribution in [0.2, 0.25) is 5.02 Å². The second-order valence-corrected chi connectivity index (χ2v) is 5.77. The van der Waals surface area contributed by atoms with E-state index in [1.54, 1.807) is 7.05 Å². The molecule has 1 fully saturated rings. The van der Waals surface area contributed by atoms with E-state index in [2.05, 4.69) is 39.2 Å². The molecule has 0 radical (unpaired) electrons. The van der Waals surface area contributed by atoms with Crippen molar-refractivity contribution in [1.82, 2.24) is 15.5 Å². The highest BCUT2D eigenvalue weighted by Gasteiger charge is 2.22. The number of guanidine groups is 1. The molecule has 0 saturated carbocycles. The zero-order chi connectivity index (χ0) is 16.5. The van der Waals surface area contributed by atoms with E-state index in [0.717, 1.165) is 43.8 Å². The van der Waals surface area contributed by atoms with Crippen LogP contribution in [0.3, 0.4) is 0 Å². The highest BCUT2D eigenvalue weighted by Crippen LogP contribution is 2.23. The molecule has 5 nitrogen and oxygen atoms in total. The minimum atomic E-state index is 0. The highest BCUT2D eigenvalue weighted by atomic mass is 127. The predicted octanol–water partition coefficient (Wildman–Crippen LogP) is 2.68. The largest absolute Gasteiger partial charge is 0.379 e. The molecule has 1 aromatic carbocycles. The third-order valence-corrected chi connectivity index (χ3v) is 4.09. The molecule has 1 saturated heterocycles. The Balaban J connectivity index is 0.00000288. The Bertz CT molecular complexity index is 518. The smallest absolute Gasteiger partial charge is 0.191 e. The summed E-state index contributed by atoms with van der Waals surface area (Å²) < 4.78 is 5.47. The molecule has 2 rings (SSSR count). The van der Waals surface area contributed by atoms with E-state index in [0.29, 0.717) is 6.54 Å². The summed E-state index contributed by atoms with van der Waals surface area (Å²) >= 11 is 6.02. The Morgan fingerprint density at radius 3 is 2.58 bits per heavy atom. The molecule has 1 aliphatic rings. The molecule has 0 spiro atoms. The first kappa shape index (κ1) is 21.2. The minimum absolute atomic E-state index is 0. The molecule has 0 amide bonds. The Labute approximate surface area is 166 Å². The average Bonchev–Trinajstić information content (AvgIpc) is 2.60. The van der Waals surface area contributed by atoms with Crippen LogP contribution in [-0.4, -0.2) is 57.3 Å². The van der Waals surface area contributed by atoms with Gasteiger partial charge in [-0.25, -0.2) is 0 Å². The van der Waals surface area contributed by atoms with Gasteiger partial charge in [-0.1, -0.05) is 29.8 Å². The van der Waals surface area contributed by atoms with E-state index in [4.69, 9.17) is 16.3 Å². The fraction of sp³-hybridized carbons (Fsp3) is 0.471. The zero-order valence-corrected chi connectivity index (χ0v) is 17.1. The lowest BCUT2D eigenvalue weighted by Crippen LogP contribution is -2.46. The van der Waals surface area contributed by atoms with Gasteiger partial charge in [0.05, 0.1) is 19.3 Å². The molecular formula is C17H26ClIN4O. The summed E-state index contributed by atoms with van der Waals surface area (Å²) in [7, 11) is 1.77. The standard InChI is InChI=1S/C17H25ClN4O.HI/c1-3-8-20-17(19-2)21-13-16(22-9-11-23-12-10-22)14-4-6-15(18)7-5-14;/h3-7,16H,1,8-13H2,2H3,(H2,19,20,21);1H. The number of morpholine rings is 1. The van der Waals surface area contributed by atoms with Crippen molar-refractivity contribution in [2.75, 3.05) is 46.4 Å². The van der Waals surface area contributed by atoms with E-state index in [1.807, 2.05) is 18.2 Å². The van der Waals surface area contributed by atoms with Gasteiger partial charge in [-0.15, -0.1) is 30.6 Å². The molecule has 1 heterocycles. The van der Waals surface area contributed by atoms with Crippen molar-refractivity contribution in [2.45, 2.75) is 6.04 Å². The first-order valence-electron chi connectivity index (χ1n) is 7.87. The predicted molar refractivity (Wildman–Crippen MR) is 112 cm³/mol. The number of hydrogen-bond acceptors (Lipinski definition) is 3. The molecule has 0 aromatic heterocycles. The Morgan fingerprint density at radius 1 is 1.33 bits per heavy atom. The van der Waals surface area contributed by atoms with Crippen LogP contribution in [0.25, 0.3) is 0 Å². The average molecular weight is 465 g/mol. The van der Waals surface area contributed by atoms with Gasteiger partial charge in [0.15, 0.2) is 5.96 Å². The minimum Gasteiger partial charge on any atom is -0.379 e. The van der Waals surface area contributed by atoms with Crippen molar-refractivity contribution in [2.24, 2.45) is 4.99 Å². The SMILES string of the molecule is C=CCNC(=NC)NCC(c1ccc(Cl)cc1)N1CCOCC1.I. The van der Waals surface area contributed by atoms with Crippen molar-refractivity contribution in [3.8, 4) is 0 Å². The van der Waals surface area contributed by atoms with E-state index >= 15 is 0 Å². The summed E-state index contributed by atoms with van der Waals surface area (Å²) in [6.45, 7) is 8.55. The first-order valence-corrected chi connectivity index (χ1v) is 8.25. The van der Waals surface area contributed by atoms with Gasteiger partial charge >= 0.3 is 0 Å². The summed E-state index contributed by atoms with van der Waals surface area (Å²) in [6, 6.07) is 8.30. The monoisotopic (exact) mass is 464 g/mol. The second kappa shape index (κ2) is 11.7. The molecule has 1 unspecified atom stereocenters. The van der Waals surface area contributed by atoms with Crippen LogP contribution >= 0.6 is 35.6 Å². The lowest BCUT2D eigenvalue weighted by Gasteiger charge is -2.35. The third kappa shape index (κ3) is 6.58. The quantitative estimate of drug-likeness (QED) is 0.294. The summed E-state index contributed by atoms with van der Waals surface area (Å²) in [5, 5.41) is 7.34. The Hall–Kier alpha value is -0.830. The van der Waals surface area contributed by atoms with Gasteiger partial charge in [0.25, 0.3) is 0 Å². The maximum absolute atomic E-state index is 6.02. The van der Waals surface area contributed by atoms with Crippen LogP contribution in [0.4, 0.5) is 0 Å². The normalized spacial score (nSPS) is 16.8. The van der Waals surface area contributed by atoms with Crippen LogP contribution in [0.15, 0.2) is 41.9 Å². The van der Waals surface area contributed by atoms with Crippen LogP contribution in [0.1, 0.15) is 11.6 Å². The number of halogens is 2. The Kier molecular flexibility index (Phi) is 10.3. The molecule has 2 N–H and O–H groups in total. The van der Waals surface area contributed by atoms with Crippen LogP contribution in [-0.2, 0) is 4.74 Å². The van der Waals surface area contributed by atoms with Gasteiger partial charge in [0, 0.05) is 38.2 Å². The van der Waals surface area contributed by atoms with Gasteiger partial charge in [0.2, 0.25) is 0 Å². The molecule has 134 valence electrons. The number of hydrogen-bond donors (Lipinski definition) is 2. The summed E-state index contributed by atoms with van der Waals surface area (Å²) in [5.41, 5.74) is 1.24. The van der Waals surface area contributed by atoms with Gasteiger partial charge in [-0.05, 0) is 17.7 Å². The number of benzene rings is 1. The van der Waals surface area contributed by atoms with Crippen molar-refractivity contribution >= 4 is 41.5 Å². The number of aliphatic imine (C=N–C) groups is 1. The van der Waals surface area contributed by atoms with Gasteiger partial charge < -0.3 is 15.4 Å². The van der Waals surface area contributed by atoms with E-state index in [1.165, 1.54) is 5.56 Å². The second-order valence-electron chi connectivity index (χ2n) is 5.34. The van der Waals surface area contributed by atoms with Gasteiger partial charge in [-0.2, -0.15) is 0 Å². The fourth-order valence-electron chi connectivity index (χ4n) is 2.61. The fourth-order valence-corrected chi connectivity index (χ4v) is 2.74. The van der Waals surface area contributed by atoms with Crippen LogP contribution in [0.5, 0.6) is 0 Å². The first-order chi connectivity index (χ1) is 11.2. The number of nitrogens with one attached hydrogen (secondary N) is 2. The van der Waals surface area contributed by atoms with Crippen LogP contribution < -0.4 is 10.6 Å². The maximum Gasteiger partial charge on any atom is 0.191 e. The maximum atomic E-state index is 6.02. The summed E-state index contributed by atoms with van der Waals surface area (Å²) in [6.07, 6.45) is 1.81. The number of ether oxygens (including phenoxy) is 1. The number of nitrogens with zero attached hydrogens (tertiary/aromatic N) is 2. The van der Waals surface area contributed by atoms with E-state index in [-0.39, 0.29) is 30.0 Å². The van der Waals surface area contributed by atoms with Gasteiger partial charge in [-0.3, -0.25) is 9.89 Å². The van der Waals surface area contributed by atoms with E-state index < -0.39 is 0 Å². The molecule has 1 atom stereocenters. The molecule has 1 aliphatic heterocycles. The summed E-state index contributed by atoms with van der Waals surface area (Å²) in [4.78, 5) is 6.66. The molecule has 24 heavy (non-hydrogen) atoms. The van der Waals surface area contributed by atoms with Gasteiger partial charge in [0.1, 0.15) is 0 Å². The van der Waals surface area contributed by atoms with Crippen molar-refractivity contribution in [1.29, 1.82) is 0 Å². The van der Waals surface area contributed by atoms with Crippen molar-refractivity contribution in [3.63, 3.8) is 0 Å². The molecule has 0 aliphatic carbocycles. The molecule has 0 bridgehead atoms. The van der Waals surface area contributed by atoms with Crippen molar-refractivity contribution in [3.05, 3.63) is 47.5 Å². The lowest BCUT2D eigenvalue weighted by atomic mass is 10.0. The molecule has 7 heteroatoms.